The van der Waals surface area contributed by atoms with Crippen LogP contribution in [-0.4, -0.2) is 41.5 Å². The molecule has 0 aliphatic heterocycles. The molecule has 1 amide bonds. The molecule has 0 atom stereocenters. The first-order valence-electron chi connectivity index (χ1n) is 10.8. The van der Waals surface area contributed by atoms with E-state index in [1.54, 1.807) is 28.9 Å². The van der Waals surface area contributed by atoms with E-state index in [0.29, 0.717) is 23.7 Å². The smallest absolute Gasteiger partial charge is 0.309 e. The Morgan fingerprint density at radius 1 is 0.939 bits per heavy atom. The highest BCUT2D eigenvalue weighted by Gasteiger charge is 2.16. The van der Waals surface area contributed by atoms with Gasteiger partial charge in [-0.05, 0) is 64.1 Å². The van der Waals surface area contributed by atoms with Gasteiger partial charge in [-0.15, -0.1) is 0 Å². The third kappa shape index (κ3) is 6.58. The highest BCUT2D eigenvalue weighted by atomic mass is 16.5. The molecule has 2 aromatic carbocycles. The fourth-order valence-electron chi connectivity index (χ4n) is 3.21. The van der Waals surface area contributed by atoms with Crippen LogP contribution >= 0.6 is 0 Å². The fraction of sp³-hybridized carbons (Fsp3) is 0.320. The third-order valence-corrected chi connectivity index (χ3v) is 4.91. The second kappa shape index (κ2) is 11.2. The van der Waals surface area contributed by atoms with Crippen LogP contribution in [0.25, 0.3) is 5.69 Å². The predicted octanol–water partition coefficient (Wildman–Crippen LogP) is 4.15. The average molecular weight is 452 g/mol. The van der Waals surface area contributed by atoms with Crippen molar-refractivity contribution in [2.45, 2.75) is 34.1 Å². The number of aromatic nitrogens is 2. The van der Waals surface area contributed by atoms with Crippen molar-refractivity contribution in [1.82, 2.24) is 9.78 Å². The van der Waals surface area contributed by atoms with E-state index < -0.39 is 11.9 Å². The number of esters is 1. The van der Waals surface area contributed by atoms with Crippen molar-refractivity contribution in [2.24, 2.45) is 0 Å². The van der Waals surface area contributed by atoms with Crippen molar-refractivity contribution in [3.63, 3.8) is 0 Å². The maximum absolute atomic E-state index is 12.3. The molecule has 0 saturated heterocycles. The summed E-state index contributed by atoms with van der Waals surface area (Å²) in [6, 6.07) is 15.1. The van der Waals surface area contributed by atoms with E-state index in [1.807, 2.05) is 52.0 Å². The van der Waals surface area contributed by atoms with Crippen molar-refractivity contribution >= 4 is 17.6 Å². The number of carbonyl (C=O) groups excluding carboxylic acids is 2. The Bertz CT molecular complexity index is 1090. The molecule has 1 aromatic heterocycles. The van der Waals surface area contributed by atoms with Crippen molar-refractivity contribution in [3.8, 4) is 17.2 Å². The molecule has 0 radical (unpaired) electrons. The number of benzene rings is 2. The van der Waals surface area contributed by atoms with Gasteiger partial charge >= 0.3 is 5.97 Å². The minimum absolute atomic E-state index is 0.0317. The lowest BCUT2D eigenvalue weighted by Gasteiger charge is -2.09. The molecule has 0 unspecified atom stereocenters. The Morgan fingerprint density at radius 2 is 1.58 bits per heavy atom. The van der Waals surface area contributed by atoms with Crippen molar-refractivity contribution in [1.29, 1.82) is 0 Å². The maximum atomic E-state index is 12.3. The maximum Gasteiger partial charge on any atom is 0.309 e. The van der Waals surface area contributed by atoms with Gasteiger partial charge in [0.25, 0.3) is 5.91 Å². The molecule has 0 bridgehead atoms. The van der Waals surface area contributed by atoms with Crippen LogP contribution < -0.4 is 14.8 Å². The number of ether oxygens (including phenoxy) is 3. The standard InChI is InChI=1S/C25H29N3O5/c1-5-31-21-10-12-22(13-11-21)32-15-14-24(30)33-16-23(29)26-25-18(3)27-28(19(25)4)20-8-6-17(2)7-9-20/h6-13H,5,14-16H2,1-4H3,(H,26,29). The van der Waals surface area contributed by atoms with Crippen LogP contribution in [0.2, 0.25) is 0 Å². The lowest BCUT2D eigenvalue weighted by atomic mass is 10.2. The van der Waals surface area contributed by atoms with Crippen molar-refractivity contribution in [2.75, 3.05) is 25.1 Å². The highest BCUT2D eigenvalue weighted by molar-refractivity contribution is 5.93. The number of hydrogen-bond acceptors (Lipinski definition) is 6. The number of anilines is 1. The predicted molar refractivity (Wildman–Crippen MR) is 125 cm³/mol. The average Bonchev–Trinajstić information content (AvgIpc) is 3.08. The molecule has 0 aliphatic carbocycles. The van der Waals surface area contributed by atoms with E-state index in [1.165, 1.54) is 0 Å². The van der Waals surface area contributed by atoms with Gasteiger partial charge in [-0.1, -0.05) is 17.7 Å². The first-order valence-corrected chi connectivity index (χ1v) is 10.8. The molecule has 33 heavy (non-hydrogen) atoms. The molecule has 174 valence electrons. The molecule has 1 heterocycles. The third-order valence-electron chi connectivity index (χ3n) is 4.91. The summed E-state index contributed by atoms with van der Waals surface area (Å²) in [6.45, 7) is 7.98. The Hall–Kier alpha value is -3.81. The summed E-state index contributed by atoms with van der Waals surface area (Å²) in [4.78, 5) is 24.3. The van der Waals surface area contributed by atoms with Gasteiger partial charge in [0.15, 0.2) is 6.61 Å². The molecular weight excluding hydrogens is 422 g/mol. The van der Waals surface area contributed by atoms with Crippen LogP contribution in [0, 0.1) is 20.8 Å². The van der Waals surface area contributed by atoms with Crippen LogP contribution in [0.5, 0.6) is 11.5 Å². The van der Waals surface area contributed by atoms with Gasteiger partial charge in [0.2, 0.25) is 0 Å². The molecule has 8 nitrogen and oxygen atoms in total. The van der Waals surface area contributed by atoms with E-state index in [9.17, 15) is 9.59 Å². The van der Waals surface area contributed by atoms with E-state index >= 15 is 0 Å². The molecule has 3 rings (SSSR count). The minimum atomic E-state index is -0.514. The van der Waals surface area contributed by atoms with Gasteiger partial charge < -0.3 is 19.5 Å². The Morgan fingerprint density at radius 3 is 2.21 bits per heavy atom. The Balaban J connectivity index is 1.45. The van der Waals surface area contributed by atoms with Crippen LogP contribution in [0.15, 0.2) is 48.5 Å². The summed E-state index contributed by atoms with van der Waals surface area (Å²) in [5.41, 5.74) is 4.13. The zero-order valence-corrected chi connectivity index (χ0v) is 19.4. The molecule has 0 saturated carbocycles. The lowest BCUT2D eigenvalue weighted by molar-refractivity contribution is -0.147. The van der Waals surface area contributed by atoms with Crippen LogP contribution in [0.4, 0.5) is 5.69 Å². The van der Waals surface area contributed by atoms with Gasteiger partial charge in [0.05, 0.1) is 42.4 Å². The Kier molecular flexibility index (Phi) is 8.07. The van der Waals surface area contributed by atoms with Crippen LogP contribution in [0.3, 0.4) is 0 Å². The SMILES string of the molecule is CCOc1ccc(OCCC(=O)OCC(=O)Nc2c(C)nn(-c3ccc(C)cc3)c2C)cc1. The summed E-state index contributed by atoms with van der Waals surface area (Å²) < 4.78 is 17.7. The van der Waals surface area contributed by atoms with Gasteiger partial charge in [-0.25, -0.2) is 4.68 Å². The number of aryl methyl sites for hydroxylation is 2. The number of nitrogens with one attached hydrogen (secondary N) is 1. The summed E-state index contributed by atoms with van der Waals surface area (Å²) >= 11 is 0. The monoisotopic (exact) mass is 451 g/mol. The molecular formula is C25H29N3O5. The topological polar surface area (TPSA) is 91.7 Å². The number of rotatable bonds is 10. The number of carbonyl (C=O) groups is 2. The molecule has 8 heteroatoms. The second-order valence-electron chi connectivity index (χ2n) is 7.50. The molecule has 0 fully saturated rings. The normalized spacial score (nSPS) is 10.5. The van der Waals surface area contributed by atoms with E-state index in [4.69, 9.17) is 14.2 Å². The highest BCUT2D eigenvalue weighted by Crippen LogP contribution is 2.23. The summed E-state index contributed by atoms with van der Waals surface area (Å²) in [5, 5.41) is 7.30. The van der Waals surface area contributed by atoms with Crippen LogP contribution in [-0.2, 0) is 14.3 Å². The van der Waals surface area contributed by atoms with Crippen molar-refractivity contribution in [3.05, 3.63) is 65.5 Å². The lowest BCUT2D eigenvalue weighted by Crippen LogP contribution is -2.22. The zero-order chi connectivity index (χ0) is 23.8. The molecule has 3 aromatic rings. The van der Waals surface area contributed by atoms with E-state index in [-0.39, 0.29) is 19.6 Å². The van der Waals surface area contributed by atoms with E-state index in [2.05, 4.69) is 10.4 Å². The van der Waals surface area contributed by atoms with Gasteiger partial charge in [-0.3, -0.25) is 9.59 Å². The van der Waals surface area contributed by atoms with Crippen LogP contribution in [0.1, 0.15) is 30.3 Å². The number of amides is 1. The summed E-state index contributed by atoms with van der Waals surface area (Å²) in [5.74, 6) is 0.441. The fourth-order valence-corrected chi connectivity index (χ4v) is 3.21. The first kappa shape index (κ1) is 23.8. The quantitative estimate of drug-likeness (QED) is 0.466. The van der Waals surface area contributed by atoms with Crippen molar-refractivity contribution < 1.29 is 23.8 Å². The summed E-state index contributed by atoms with van der Waals surface area (Å²) in [7, 11) is 0. The minimum Gasteiger partial charge on any atom is -0.494 e. The van der Waals surface area contributed by atoms with E-state index in [0.717, 1.165) is 22.7 Å². The summed E-state index contributed by atoms with van der Waals surface area (Å²) in [6.07, 6.45) is 0.0317. The van der Waals surface area contributed by atoms with Gasteiger partial charge in [0, 0.05) is 0 Å². The van der Waals surface area contributed by atoms with Gasteiger partial charge in [0.1, 0.15) is 11.5 Å². The Labute approximate surface area is 193 Å². The molecule has 1 N–H and O–H groups in total. The second-order valence-corrected chi connectivity index (χ2v) is 7.50. The zero-order valence-electron chi connectivity index (χ0n) is 19.4. The molecule has 0 aliphatic rings. The largest absolute Gasteiger partial charge is 0.494 e. The molecule has 0 spiro atoms. The number of hydrogen-bond donors (Lipinski definition) is 1. The van der Waals surface area contributed by atoms with Gasteiger partial charge in [-0.2, -0.15) is 5.10 Å². The first-order chi connectivity index (χ1) is 15.9. The number of nitrogens with zero attached hydrogens (tertiary/aromatic N) is 2.